The first kappa shape index (κ1) is 16.5. The van der Waals surface area contributed by atoms with Crippen LogP contribution in [0.3, 0.4) is 0 Å². The summed E-state index contributed by atoms with van der Waals surface area (Å²) in [6.45, 7) is 7.85. The van der Waals surface area contributed by atoms with Crippen molar-refractivity contribution in [3.8, 4) is 0 Å². The predicted octanol–water partition coefficient (Wildman–Crippen LogP) is 1.58. The number of thioether (sulfide) groups is 1. The van der Waals surface area contributed by atoms with E-state index < -0.39 is 6.03 Å². The monoisotopic (exact) mass is 299 g/mol. The quantitative estimate of drug-likeness (QED) is 0.778. The number of nitrogens with zero attached hydrogens (tertiary/aromatic N) is 3. The van der Waals surface area contributed by atoms with Crippen LogP contribution in [0.5, 0.6) is 0 Å². The van der Waals surface area contributed by atoms with Crippen LogP contribution in [0.4, 0.5) is 4.79 Å². The maximum atomic E-state index is 11.6. The summed E-state index contributed by atoms with van der Waals surface area (Å²) in [6, 6.07) is -0.195. The topological polar surface area (TPSA) is 88.9 Å². The highest BCUT2D eigenvalue weighted by Gasteiger charge is 2.13. The molecule has 0 fully saturated rings. The zero-order valence-electron chi connectivity index (χ0n) is 12.2. The van der Waals surface area contributed by atoms with E-state index in [1.54, 1.807) is 6.33 Å². The van der Waals surface area contributed by atoms with Gasteiger partial charge >= 0.3 is 6.03 Å². The van der Waals surface area contributed by atoms with Crippen molar-refractivity contribution in [2.45, 2.75) is 51.4 Å². The molecule has 8 heteroatoms. The van der Waals surface area contributed by atoms with Gasteiger partial charge in [-0.25, -0.2) is 4.79 Å². The molecule has 20 heavy (non-hydrogen) atoms. The first-order valence-electron chi connectivity index (χ1n) is 6.56. The molecule has 0 radical (unpaired) electrons. The second-order valence-corrected chi connectivity index (χ2v) is 5.68. The van der Waals surface area contributed by atoms with Crippen LogP contribution in [0.1, 0.15) is 40.2 Å². The molecule has 0 unspecified atom stereocenters. The summed E-state index contributed by atoms with van der Waals surface area (Å²) in [5.74, 6) is -0.228. The van der Waals surface area contributed by atoms with Crippen LogP contribution in [-0.2, 0) is 4.79 Å². The zero-order chi connectivity index (χ0) is 15.1. The lowest BCUT2D eigenvalue weighted by atomic mass is 10.3. The fourth-order valence-electron chi connectivity index (χ4n) is 1.34. The number of aromatic nitrogens is 3. The van der Waals surface area contributed by atoms with E-state index in [2.05, 4.69) is 20.8 Å². The van der Waals surface area contributed by atoms with Crippen LogP contribution in [-0.4, -0.2) is 38.5 Å². The van der Waals surface area contributed by atoms with Gasteiger partial charge in [-0.2, -0.15) is 0 Å². The van der Waals surface area contributed by atoms with Gasteiger partial charge in [0.2, 0.25) is 5.91 Å². The van der Waals surface area contributed by atoms with Crippen LogP contribution in [0.15, 0.2) is 11.5 Å². The van der Waals surface area contributed by atoms with E-state index in [1.807, 2.05) is 32.3 Å². The first-order chi connectivity index (χ1) is 9.43. The SMILES string of the molecule is CC[C@@H](C)NC(=O)NC(=O)CSc1nncn1C(C)C. The minimum atomic E-state index is -0.463. The Hall–Kier alpha value is -1.57. The molecule has 3 amide bonds. The Bertz CT molecular complexity index is 460. The lowest BCUT2D eigenvalue weighted by Crippen LogP contribution is -2.43. The van der Waals surface area contributed by atoms with E-state index in [1.165, 1.54) is 11.8 Å². The smallest absolute Gasteiger partial charge is 0.321 e. The molecule has 0 bridgehead atoms. The number of rotatable bonds is 6. The highest BCUT2D eigenvalue weighted by Crippen LogP contribution is 2.18. The van der Waals surface area contributed by atoms with Crippen molar-refractivity contribution in [2.75, 3.05) is 5.75 Å². The van der Waals surface area contributed by atoms with Crippen LogP contribution in [0, 0.1) is 0 Å². The van der Waals surface area contributed by atoms with E-state index in [4.69, 9.17) is 0 Å². The van der Waals surface area contributed by atoms with Crippen LogP contribution < -0.4 is 10.6 Å². The van der Waals surface area contributed by atoms with Crippen molar-refractivity contribution in [3.63, 3.8) is 0 Å². The van der Waals surface area contributed by atoms with Gasteiger partial charge in [-0.3, -0.25) is 10.1 Å². The molecule has 2 N–H and O–H groups in total. The molecule has 1 aromatic heterocycles. The highest BCUT2D eigenvalue weighted by atomic mass is 32.2. The van der Waals surface area contributed by atoms with Crippen molar-refractivity contribution in [2.24, 2.45) is 0 Å². The molecule has 112 valence electrons. The summed E-state index contributed by atoms with van der Waals surface area (Å²) in [4.78, 5) is 23.1. The van der Waals surface area contributed by atoms with Gasteiger partial charge in [0, 0.05) is 12.1 Å². The van der Waals surface area contributed by atoms with E-state index in [-0.39, 0.29) is 23.7 Å². The van der Waals surface area contributed by atoms with Gasteiger partial charge < -0.3 is 9.88 Å². The summed E-state index contributed by atoms with van der Waals surface area (Å²) in [7, 11) is 0. The van der Waals surface area contributed by atoms with E-state index >= 15 is 0 Å². The van der Waals surface area contributed by atoms with Gasteiger partial charge in [-0.15, -0.1) is 10.2 Å². The fraction of sp³-hybridized carbons (Fsp3) is 0.667. The van der Waals surface area contributed by atoms with Crippen molar-refractivity contribution in [1.29, 1.82) is 0 Å². The Labute approximate surface area is 122 Å². The van der Waals surface area contributed by atoms with Gasteiger partial charge in [0.1, 0.15) is 6.33 Å². The number of imide groups is 1. The summed E-state index contributed by atoms with van der Waals surface area (Å²) in [6.07, 6.45) is 2.44. The first-order valence-corrected chi connectivity index (χ1v) is 7.55. The van der Waals surface area contributed by atoms with E-state index in [9.17, 15) is 9.59 Å². The minimum Gasteiger partial charge on any atom is -0.335 e. The van der Waals surface area contributed by atoms with Crippen LogP contribution >= 0.6 is 11.8 Å². The third-order valence-corrected chi connectivity index (χ3v) is 3.63. The van der Waals surface area contributed by atoms with Gasteiger partial charge in [-0.1, -0.05) is 18.7 Å². The van der Waals surface area contributed by atoms with Gasteiger partial charge in [0.15, 0.2) is 5.16 Å². The number of carbonyl (C=O) groups excluding carboxylic acids is 2. The molecule has 0 aliphatic carbocycles. The highest BCUT2D eigenvalue weighted by molar-refractivity contribution is 7.99. The average molecular weight is 299 g/mol. The molecule has 0 spiro atoms. The number of nitrogens with one attached hydrogen (secondary N) is 2. The summed E-state index contributed by atoms with van der Waals surface area (Å²) < 4.78 is 1.87. The van der Waals surface area contributed by atoms with E-state index in [0.717, 1.165) is 6.42 Å². The third-order valence-electron chi connectivity index (χ3n) is 2.67. The van der Waals surface area contributed by atoms with Crippen LogP contribution in [0.25, 0.3) is 0 Å². The lowest BCUT2D eigenvalue weighted by Gasteiger charge is -2.12. The standard InChI is InChI=1S/C12H21N5O2S/c1-5-9(4)14-11(19)15-10(18)6-20-12-16-13-7-17(12)8(2)3/h7-9H,5-6H2,1-4H3,(H2,14,15,18,19)/t9-/m1/s1. The second kappa shape index (κ2) is 7.88. The van der Waals surface area contributed by atoms with Crippen molar-refractivity contribution < 1.29 is 9.59 Å². The van der Waals surface area contributed by atoms with Gasteiger partial charge in [0.05, 0.1) is 5.75 Å². The Morgan fingerprint density at radius 3 is 2.70 bits per heavy atom. The van der Waals surface area contributed by atoms with Crippen LogP contribution in [0.2, 0.25) is 0 Å². The number of carbonyl (C=O) groups is 2. The largest absolute Gasteiger partial charge is 0.335 e. The summed E-state index contributed by atoms with van der Waals surface area (Å²) in [5, 5.41) is 13.4. The molecular formula is C12H21N5O2S. The predicted molar refractivity (Wildman–Crippen MR) is 77.6 cm³/mol. The summed E-state index contributed by atoms with van der Waals surface area (Å²) in [5.41, 5.74) is 0. The minimum absolute atomic E-state index is 0.0412. The number of amides is 3. The Balaban J connectivity index is 2.40. The molecular weight excluding hydrogens is 278 g/mol. The van der Waals surface area contributed by atoms with E-state index in [0.29, 0.717) is 5.16 Å². The third kappa shape index (κ3) is 5.20. The average Bonchev–Trinajstić information content (AvgIpc) is 2.84. The van der Waals surface area contributed by atoms with Crippen molar-refractivity contribution in [1.82, 2.24) is 25.4 Å². The van der Waals surface area contributed by atoms with Crippen molar-refractivity contribution in [3.05, 3.63) is 6.33 Å². The van der Waals surface area contributed by atoms with Gasteiger partial charge in [0.25, 0.3) is 0 Å². The second-order valence-electron chi connectivity index (χ2n) is 4.73. The van der Waals surface area contributed by atoms with Gasteiger partial charge in [-0.05, 0) is 27.2 Å². The van der Waals surface area contributed by atoms with Crippen molar-refractivity contribution >= 4 is 23.7 Å². The molecule has 0 aromatic carbocycles. The Kier molecular flexibility index (Phi) is 6.50. The number of hydrogen-bond donors (Lipinski definition) is 2. The Morgan fingerprint density at radius 2 is 2.10 bits per heavy atom. The Morgan fingerprint density at radius 1 is 1.40 bits per heavy atom. The molecule has 0 saturated carbocycles. The lowest BCUT2D eigenvalue weighted by molar-refractivity contribution is -0.117. The summed E-state index contributed by atoms with van der Waals surface area (Å²) >= 11 is 1.25. The molecule has 1 atom stereocenters. The fourth-order valence-corrected chi connectivity index (χ4v) is 2.19. The number of hydrogen-bond acceptors (Lipinski definition) is 5. The molecule has 0 aliphatic heterocycles. The maximum Gasteiger partial charge on any atom is 0.321 e. The molecule has 7 nitrogen and oxygen atoms in total. The molecule has 0 aliphatic rings. The molecule has 0 saturated heterocycles. The molecule has 1 aromatic rings. The maximum absolute atomic E-state index is 11.6. The molecule has 1 heterocycles. The molecule has 1 rings (SSSR count). The number of urea groups is 1. The normalized spacial score (nSPS) is 12.2. The zero-order valence-corrected chi connectivity index (χ0v) is 13.0.